The van der Waals surface area contributed by atoms with Crippen molar-refractivity contribution in [3.63, 3.8) is 0 Å². The summed E-state index contributed by atoms with van der Waals surface area (Å²) in [5.41, 5.74) is 5.08. The van der Waals surface area contributed by atoms with E-state index in [0.29, 0.717) is 11.6 Å². The third-order valence-electron chi connectivity index (χ3n) is 6.10. The third kappa shape index (κ3) is 3.67. The van der Waals surface area contributed by atoms with Gasteiger partial charge >= 0.3 is 0 Å². The van der Waals surface area contributed by atoms with Crippen LogP contribution in [0.4, 0.5) is 17.1 Å². The molecule has 3 aromatic carbocycles. The van der Waals surface area contributed by atoms with Gasteiger partial charge in [0.25, 0.3) is 0 Å². The van der Waals surface area contributed by atoms with Crippen molar-refractivity contribution >= 4 is 50.2 Å². The number of ether oxygens (including phenoxy) is 1. The molecule has 0 atom stereocenters. The number of anilines is 3. The van der Waals surface area contributed by atoms with Crippen LogP contribution in [0, 0.1) is 18.8 Å². The minimum absolute atomic E-state index is 0. The summed E-state index contributed by atoms with van der Waals surface area (Å²) in [6.07, 6.45) is 3.55. The number of fused-ring (bicyclic) bond motifs is 4. The molecule has 8 heteroatoms. The summed E-state index contributed by atoms with van der Waals surface area (Å²) in [5.74, 6) is 0.956. The minimum Gasteiger partial charge on any atom is -0.504 e. The van der Waals surface area contributed by atoms with Gasteiger partial charge in [-0.1, -0.05) is 35.8 Å². The summed E-state index contributed by atoms with van der Waals surface area (Å²) < 4.78 is 8.29. The van der Waals surface area contributed by atoms with Crippen LogP contribution in [0.2, 0.25) is 0 Å². The molecule has 1 aliphatic rings. The smallest absolute Gasteiger partial charge is 0.192 e. The zero-order chi connectivity index (χ0) is 23.4. The molecule has 4 heterocycles. The number of nitrogens with zero attached hydrogens (tertiary/aromatic N) is 5. The number of aromatic nitrogens is 3. The van der Waals surface area contributed by atoms with Crippen molar-refractivity contribution in [2.45, 2.75) is 0 Å². The Labute approximate surface area is 226 Å². The fourth-order valence-electron chi connectivity index (χ4n) is 4.57. The Morgan fingerprint density at radius 2 is 1.69 bits per heavy atom. The van der Waals surface area contributed by atoms with Crippen LogP contribution in [0.15, 0.2) is 84.5 Å². The minimum atomic E-state index is 0. The first-order valence-electron chi connectivity index (χ1n) is 11.1. The van der Waals surface area contributed by atoms with E-state index >= 15 is 0 Å². The normalized spacial score (nSPS) is 12.7. The van der Waals surface area contributed by atoms with Crippen LogP contribution in [-0.2, 0) is 21.1 Å². The van der Waals surface area contributed by atoms with Gasteiger partial charge in [0.2, 0.25) is 0 Å². The molecule has 0 spiro atoms. The van der Waals surface area contributed by atoms with Gasteiger partial charge in [-0.05, 0) is 36.8 Å². The molecule has 0 bridgehead atoms. The molecule has 6 nitrogen and oxygen atoms in total. The Morgan fingerprint density at radius 3 is 2.56 bits per heavy atom. The maximum atomic E-state index is 6.16. The van der Waals surface area contributed by atoms with Gasteiger partial charge < -0.3 is 19.1 Å². The molecular formula is C28H18N5OPtS-3. The Hall–Kier alpha value is -3.67. The quantitative estimate of drug-likeness (QED) is 0.195. The molecule has 0 radical (unpaired) electrons. The zero-order valence-corrected chi connectivity index (χ0v) is 22.1. The average molecular weight is 668 g/mol. The molecule has 0 N–H and O–H groups in total. The number of hydrogen-bond donors (Lipinski definition) is 0. The summed E-state index contributed by atoms with van der Waals surface area (Å²) in [6, 6.07) is 29.2. The maximum absolute atomic E-state index is 6.16. The Bertz CT molecular complexity index is 1700. The predicted octanol–water partition coefficient (Wildman–Crippen LogP) is 6.73. The number of benzene rings is 3. The number of hydrogen-bond acceptors (Lipinski definition) is 6. The van der Waals surface area contributed by atoms with Crippen LogP contribution >= 0.6 is 11.3 Å². The van der Waals surface area contributed by atoms with Gasteiger partial charge in [-0.2, -0.15) is 30.6 Å². The van der Waals surface area contributed by atoms with Gasteiger partial charge in [0, 0.05) is 55.3 Å². The van der Waals surface area contributed by atoms with E-state index in [1.807, 2.05) is 61.7 Å². The Kier molecular flexibility index (Phi) is 5.74. The summed E-state index contributed by atoms with van der Waals surface area (Å²) in [6.45, 7) is 2.03. The first-order valence-corrected chi connectivity index (χ1v) is 12.0. The largest absolute Gasteiger partial charge is 0.504 e. The zero-order valence-electron chi connectivity index (χ0n) is 19.0. The molecule has 7 rings (SSSR count). The molecule has 1 aliphatic heterocycles. The maximum Gasteiger partial charge on any atom is 0.192 e. The van der Waals surface area contributed by atoms with Gasteiger partial charge in [0.05, 0.1) is 0 Å². The van der Waals surface area contributed by atoms with Gasteiger partial charge in [-0.3, -0.25) is 4.98 Å². The number of para-hydroxylation sites is 3. The molecule has 0 saturated heterocycles. The van der Waals surface area contributed by atoms with Gasteiger partial charge in [0.15, 0.2) is 5.13 Å². The molecule has 0 amide bonds. The van der Waals surface area contributed by atoms with E-state index in [2.05, 4.69) is 66.8 Å². The number of rotatable bonds is 4. The second-order valence-corrected chi connectivity index (χ2v) is 9.07. The van der Waals surface area contributed by atoms with E-state index in [9.17, 15) is 0 Å². The van der Waals surface area contributed by atoms with Crippen molar-refractivity contribution in [1.82, 2.24) is 14.5 Å². The van der Waals surface area contributed by atoms with Gasteiger partial charge in [0.1, 0.15) is 5.88 Å². The van der Waals surface area contributed by atoms with Crippen molar-refractivity contribution < 1.29 is 25.8 Å². The standard InChI is InChI=1S/C28H18N5OS.Pt/c1-31-18-32(25-9-5-4-8-24(25)31)19-12-13-29-27(16-19)34-20-10-11-22-21-6-2-3-7-23(21)33(26(22)17-20)28-30-14-15-35-28;/h2-15,18H,1H3;/q-3;. The second-order valence-electron chi connectivity index (χ2n) is 8.20. The van der Waals surface area contributed by atoms with Gasteiger partial charge in [-0.15, -0.1) is 28.9 Å². The molecule has 0 fully saturated rings. The monoisotopic (exact) mass is 667 g/mol. The summed E-state index contributed by atoms with van der Waals surface area (Å²) >= 11 is 1.59. The van der Waals surface area contributed by atoms with E-state index in [1.54, 1.807) is 17.5 Å². The number of thiazole rings is 1. The fourth-order valence-corrected chi connectivity index (χ4v) is 5.23. The van der Waals surface area contributed by atoms with E-state index in [1.165, 1.54) is 0 Å². The van der Waals surface area contributed by atoms with Crippen LogP contribution in [0.1, 0.15) is 0 Å². The van der Waals surface area contributed by atoms with Crippen LogP contribution in [0.3, 0.4) is 0 Å². The van der Waals surface area contributed by atoms with E-state index < -0.39 is 0 Å². The molecule has 0 aliphatic carbocycles. The van der Waals surface area contributed by atoms with Crippen molar-refractivity contribution in [2.75, 3.05) is 16.8 Å². The van der Waals surface area contributed by atoms with Crippen molar-refractivity contribution in [3.8, 4) is 16.8 Å². The first kappa shape index (κ1) is 22.8. The van der Waals surface area contributed by atoms with Crippen molar-refractivity contribution in [3.05, 3.63) is 103 Å². The summed E-state index contributed by atoms with van der Waals surface area (Å²) in [7, 11) is 2.03. The van der Waals surface area contributed by atoms with Gasteiger partial charge in [-0.25, -0.2) is 4.98 Å². The topological polar surface area (TPSA) is 46.4 Å². The molecule has 0 saturated carbocycles. The van der Waals surface area contributed by atoms with Crippen LogP contribution in [-0.4, -0.2) is 21.6 Å². The summed E-state index contributed by atoms with van der Waals surface area (Å²) in [5, 5.41) is 5.12. The van der Waals surface area contributed by atoms with Crippen LogP contribution in [0.25, 0.3) is 26.9 Å². The summed E-state index contributed by atoms with van der Waals surface area (Å²) in [4.78, 5) is 13.1. The Balaban J connectivity index is 0.00000240. The average Bonchev–Trinajstić information content (AvgIpc) is 3.61. The molecule has 6 aromatic rings. The van der Waals surface area contributed by atoms with E-state index in [-0.39, 0.29) is 21.1 Å². The molecular weight excluding hydrogens is 649 g/mol. The van der Waals surface area contributed by atoms with Crippen LogP contribution < -0.4 is 14.5 Å². The number of pyridine rings is 1. The second kappa shape index (κ2) is 9.08. The van der Waals surface area contributed by atoms with Crippen molar-refractivity contribution in [1.29, 1.82) is 0 Å². The Morgan fingerprint density at radius 1 is 0.861 bits per heavy atom. The van der Waals surface area contributed by atoms with E-state index in [0.717, 1.165) is 44.0 Å². The molecule has 180 valence electrons. The van der Waals surface area contributed by atoms with Crippen LogP contribution in [0.5, 0.6) is 11.6 Å². The molecule has 0 unspecified atom stereocenters. The molecule has 36 heavy (non-hydrogen) atoms. The van der Waals surface area contributed by atoms with Crippen molar-refractivity contribution in [2.24, 2.45) is 0 Å². The van der Waals surface area contributed by atoms with E-state index in [4.69, 9.17) is 4.74 Å². The molecule has 3 aromatic heterocycles. The fraction of sp³-hybridized carbons (Fsp3) is 0.0357. The SMILES string of the molecule is CN1[CH-]N(c2[c-]c(Oc3[c-]c4c(cc3)c3ccccc3n4-c3nccs3)ncc2)c2ccccc21.[Pt]. The predicted molar refractivity (Wildman–Crippen MR) is 140 cm³/mol. The first-order chi connectivity index (χ1) is 17.3. The third-order valence-corrected chi connectivity index (χ3v) is 6.86.